The van der Waals surface area contributed by atoms with Crippen LogP contribution in [0.2, 0.25) is 0 Å². The molecule has 0 N–H and O–H groups in total. The first-order chi connectivity index (χ1) is 7.93. The lowest BCUT2D eigenvalue weighted by Gasteiger charge is -2.14. The number of fused-ring (bicyclic) bond motifs is 1. The average molecular weight is 210 g/mol. The standard InChI is InChI=1S/C14H14N2/c1-2-6-11(7-3-1)14-10-15-12-8-4-5-9-13(12)16-14/h1-3,6-7,10H,4-5,8-9H2. The highest BCUT2D eigenvalue weighted by molar-refractivity contribution is 5.58. The third-order valence-corrected chi connectivity index (χ3v) is 3.08. The van der Waals surface area contributed by atoms with Gasteiger partial charge in [-0.3, -0.25) is 4.98 Å². The molecular weight excluding hydrogens is 196 g/mol. The van der Waals surface area contributed by atoms with Crippen LogP contribution in [0, 0.1) is 0 Å². The molecule has 0 spiro atoms. The van der Waals surface area contributed by atoms with Crippen LogP contribution >= 0.6 is 0 Å². The first-order valence-corrected chi connectivity index (χ1v) is 5.84. The molecule has 1 aliphatic rings. The zero-order chi connectivity index (χ0) is 10.8. The van der Waals surface area contributed by atoms with Crippen LogP contribution in [0.1, 0.15) is 24.2 Å². The van der Waals surface area contributed by atoms with Gasteiger partial charge in [-0.15, -0.1) is 0 Å². The molecule has 0 radical (unpaired) electrons. The quantitative estimate of drug-likeness (QED) is 0.723. The third-order valence-electron chi connectivity index (χ3n) is 3.08. The molecule has 0 bridgehead atoms. The minimum atomic E-state index is 1.00. The van der Waals surface area contributed by atoms with Crippen molar-refractivity contribution in [1.82, 2.24) is 9.97 Å². The number of aromatic nitrogens is 2. The van der Waals surface area contributed by atoms with Gasteiger partial charge in [0.05, 0.1) is 23.3 Å². The van der Waals surface area contributed by atoms with Gasteiger partial charge in [-0.2, -0.15) is 0 Å². The summed E-state index contributed by atoms with van der Waals surface area (Å²) in [6.07, 6.45) is 6.59. The van der Waals surface area contributed by atoms with Gasteiger partial charge in [0.15, 0.2) is 0 Å². The van der Waals surface area contributed by atoms with E-state index in [4.69, 9.17) is 4.98 Å². The van der Waals surface area contributed by atoms with E-state index in [-0.39, 0.29) is 0 Å². The van der Waals surface area contributed by atoms with Gasteiger partial charge in [0, 0.05) is 5.56 Å². The average Bonchev–Trinajstić information content (AvgIpc) is 2.39. The molecule has 2 nitrogen and oxygen atoms in total. The fourth-order valence-corrected chi connectivity index (χ4v) is 2.19. The first-order valence-electron chi connectivity index (χ1n) is 5.84. The van der Waals surface area contributed by atoms with Crippen LogP contribution in [-0.4, -0.2) is 9.97 Å². The molecule has 1 heterocycles. The van der Waals surface area contributed by atoms with Crippen LogP contribution in [0.5, 0.6) is 0 Å². The minimum Gasteiger partial charge on any atom is -0.257 e. The van der Waals surface area contributed by atoms with E-state index in [1.807, 2.05) is 24.4 Å². The molecule has 0 saturated heterocycles. The molecule has 3 rings (SSSR count). The summed E-state index contributed by atoms with van der Waals surface area (Å²) in [5, 5.41) is 0. The van der Waals surface area contributed by atoms with Gasteiger partial charge in [0.1, 0.15) is 0 Å². The monoisotopic (exact) mass is 210 g/mol. The highest BCUT2D eigenvalue weighted by Crippen LogP contribution is 2.21. The molecule has 0 atom stereocenters. The van der Waals surface area contributed by atoms with Gasteiger partial charge in [-0.05, 0) is 25.7 Å². The van der Waals surface area contributed by atoms with E-state index in [0.29, 0.717) is 0 Å². The van der Waals surface area contributed by atoms with Crippen molar-refractivity contribution in [2.45, 2.75) is 25.7 Å². The van der Waals surface area contributed by atoms with Crippen molar-refractivity contribution in [3.05, 3.63) is 47.9 Å². The Bertz CT molecular complexity index is 491. The molecule has 1 aromatic heterocycles. The van der Waals surface area contributed by atoms with Crippen LogP contribution in [0.4, 0.5) is 0 Å². The second-order valence-corrected chi connectivity index (χ2v) is 4.22. The van der Waals surface area contributed by atoms with Crippen LogP contribution in [0.3, 0.4) is 0 Å². The zero-order valence-electron chi connectivity index (χ0n) is 9.19. The lowest BCUT2D eigenvalue weighted by Crippen LogP contribution is -2.08. The van der Waals surface area contributed by atoms with E-state index >= 15 is 0 Å². The van der Waals surface area contributed by atoms with Crippen molar-refractivity contribution < 1.29 is 0 Å². The lowest BCUT2D eigenvalue weighted by molar-refractivity contribution is 0.650. The van der Waals surface area contributed by atoms with Crippen LogP contribution < -0.4 is 0 Å². The number of aryl methyl sites for hydroxylation is 2. The van der Waals surface area contributed by atoms with Gasteiger partial charge in [0.2, 0.25) is 0 Å². The molecular formula is C14H14N2. The van der Waals surface area contributed by atoms with Crippen molar-refractivity contribution in [3.63, 3.8) is 0 Å². The van der Waals surface area contributed by atoms with Crippen molar-refractivity contribution in [3.8, 4) is 11.3 Å². The molecule has 0 amide bonds. The maximum absolute atomic E-state index is 4.72. The highest BCUT2D eigenvalue weighted by atomic mass is 14.8. The summed E-state index contributed by atoms with van der Waals surface area (Å²) in [6.45, 7) is 0. The summed E-state index contributed by atoms with van der Waals surface area (Å²) < 4.78 is 0. The van der Waals surface area contributed by atoms with E-state index in [1.54, 1.807) is 0 Å². The molecule has 2 aromatic rings. The summed E-state index contributed by atoms with van der Waals surface area (Å²) >= 11 is 0. The Morgan fingerprint density at radius 2 is 1.62 bits per heavy atom. The number of hydrogen-bond donors (Lipinski definition) is 0. The van der Waals surface area contributed by atoms with E-state index < -0.39 is 0 Å². The highest BCUT2D eigenvalue weighted by Gasteiger charge is 2.12. The Kier molecular flexibility index (Phi) is 2.41. The Hall–Kier alpha value is -1.70. The van der Waals surface area contributed by atoms with E-state index in [9.17, 15) is 0 Å². The normalized spacial score (nSPS) is 14.5. The fourth-order valence-electron chi connectivity index (χ4n) is 2.19. The van der Waals surface area contributed by atoms with Gasteiger partial charge >= 0.3 is 0 Å². The van der Waals surface area contributed by atoms with Gasteiger partial charge in [0.25, 0.3) is 0 Å². The van der Waals surface area contributed by atoms with Gasteiger partial charge in [-0.25, -0.2) is 4.98 Å². The molecule has 0 saturated carbocycles. The second kappa shape index (κ2) is 4.05. The Labute approximate surface area is 95.4 Å². The fraction of sp³-hybridized carbons (Fsp3) is 0.286. The lowest BCUT2D eigenvalue weighted by atomic mass is 10.00. The molecule has 1 aromatic carbocycles. The van der Waals surface area contributed by atoms with Gasteiger partial charge in [-0.1, -0.05) is 30.3 Å². The van der Waals surface area contributed by atoms with Crippen molar-refractivity contribution in [2.75, 3.05) is 0 Å². The van der Waals surface area contributed by atoms with E-state index in [0.717, 1.165) is 24.1 Å². The number of rotatable bonds is 1. The first kappa shape index (κ1) is 9.52. The predicted octanol–water partition coefficient (Wildman–Crippen LogP) is 3.02. The second-order valence-electron chi connectivity index (χ2n) is 4.22. The Morgan fingerprint density at radius 3 is 2.44 bits per heavy atom. The molecule has 2 heteroatoms. The summed E-state index contributed by atoms with van der Waals surface area (Å²) in [5.74, 6) is 0. The maximum atomic E-state index is 4.72. The maximum Gasteiger partial charge on any atom is 0.0888 e. The summed E-state index contributed by atoms with van der Waals surface area (Å²) in [4.78, 5) is 9.25. The predicted molar refractivity (Wildman–Crippen MR) is 64.1 cm³/mol. The molecule has 1 aliphatic carbocycles. The zero-order valence-corrected chi connectivity index (χ0v) is 9.19. The van der Waals surface area contributed by atoms with E-state index in [1.165, 1.54) is 24.2 Å². The van der Waals surface area contributed by atoms with E-state index in [2.05, 4.69) is 17.1 Å². The van der Waals surface area contributed by atoms with Crippen molar-refractivity contribution >= 4 is 0 Å². The largest absolute Gasteiger partial charge is 0.257 e. The summed E-state index contributed by atoms with van der Waals surface area (Å²) in [7, 11) is 0. The Morgan fingerprint density at radius 1 is 0.875 bits per heavy atom. The molecule has 80 valence electrons. The molecule has 0 fully saturated rings. The van der Waals surface area contributed by atoms with Crippen molar-refractivity contribution in [2.24, 2.45) is 0 Å². The Balaban J connectivity index is 2.03. The van der Waals surface area contributed by atoms with Gasteiger partial charge < -0.3 is 0 Å². The summed E-state index contributed by atoms with van der Waals surface area (Å²) in [6, 6.07) is 10.3. The third kappa shape index (κ3) is 1.71. The molecule has 16 heavy (non-hydrogen) atoms. The minimum absolute atomic E-state index is 1.00. The van der Waals surface area contributed by atoms with Crippen molar-refractivity contribution in [1.29, 1.82) is 0 Å². The van der Waals surface area contributed by atoms with Crippen LogP contribution in [0.25, 0.3) is 11.3 Å². The number of nitrogens with zero attached hydrogens (tertiary/aromatic N) is 2. The molecule has 0 aliphatic heterocycles. The molecule has 0 unspecified atom stereocenters. The SMILES string of the molecule is c1ccc(-c2cnc3c(n2)CCCC3)cc1. The number of benzene rings is 1. The topological polar surface area (TPSA) is 25.8 Å². The van der Waals surface area contributed by atoms with Crippen LogP contribution in [0.15, 0.2) is 36.5 Å². The number of hydrogen-bond acceptors (Lipinski definition) is 2. The smallest absolute Gasteiger partial charge is 0.0888 e. The summed E-state index contributed by atoms with van der Waals surface area (Å²) in [5.41, 5.74) is 4.56. The van der Waals surface area contributed by atoms with Crippen LogP contribution in [-0.2, 0) is 12.8 Å².